The van der Waals surface area contributed by atoms with Crippen molar-refractivity contribution >= 4 is 13.3 Å². The van der Waals surface area contributed by atoms with E-state index in [2.05, 4.69) is 31.8 Å². The van der Waals surface area contributed by atoms with Crippen LogP contribution in [0.2, 0.25) is 19.6 Å². The van der Waals surface area contributed by atoms with E-state index < -0.39 is 19.7 Å². The molecule has 0 fully saturated rings. The first-order chi connectivity index (χ1) is 9.36. The van der Waals surface area contributed by atoms with Crippen molar-refractivity contribution in [2.75, 3.05) is 0 Å². The van der Waals surface area contributed by atoms with Crippen LogP contribution in [-0.2, 0) is 6.61 Å². The van der Waals surface area contributed by atoms with Gasteiger partial charge in [0, 0.05) is 6.07 Å². The fraction of sp³-hybridized carbons (Fsp3) is 0.250. The van der Waals surface area contributed by atoms with Crippen LogP contribution in [0, 0.1) is 11.6 Å². The quantitative estimate of drug-likeness (QED) is 0.771. The standard InChI is InChI=1S/C16H18F2OSi/c1-20(2,3)14-7-4-12(5-8-14)11-19-13-6-9-15(17)16(18)10-13/h4-10H,11H2,1-3H3. The second kappa shape index (κ2) is 5.75. The minimum Gasteiger partial charge on any atom is -0.489 e. The van der Waals surface area contributed by atoms with Crippen LogP contribution >= 0.6 is 0 Å². The topological polar surface area (TPSA) is 9.23 Å². The van der Waals surface area contributed by atoms with E-state index in [1.165, 1.54) is 11.3 Å². The molecule has 20 heavy (non-hydrogen) atoms. The minimum atomic E-state index is -1.29. The number of benzene rings is 2. The molecule has 0 heterocycles. The van der Waals surface area contributed by atoms with Gasteiger partial charge in [-0.3, -0.25) is 0 Å². The van der Waals surface area contributed by atoms with Gasteiger partial charge >= 0.3 is 0 Å². The van der Waals surface area contributed by atoms with E-state index in [1.807, 2.05) is 12.1 Å². The molecule has 0 radical (unpaired) electrons. The zero-order valence-corrected chi connectivity index (χ0v) is 12.9. The van der Waals surface area contributed by atoms with Gasteiger partial charge < -0.3 is 4.74 Å². The minimum absolute atomic E-state index is 0.332. The molecule has 0 aliphatic heterocycles. The summed E-state index contributed by atoms with van der Waals surface area (Å²) in [5, 5.41) is 1.38. The van der Waals surface area contributed by atoms with Gasteiger partial charge in [-0.1, -0.05) is 49.1 Å². The lowest BCUT2D eigenvalue weighted by Gasteiger charge is -2.16. The Labute approximate surface area is 119 Å². The van der Waals surface area contributed by atoms with Crippen molar-refractivity contribution in [1.29, 1.82) is 0 Å². The molecule has 0 unspecified atom stereocenters. The second-order valence-electron chi connectivity index (χ2n) is 5.81. The Morgan fingerprint density at radius 1 is 0.900 bits per heavy atom. The van der Waals surface area contributed by atoms with Gasteiger partial charge in [-0.2, -0.15) is 0 Å². The van der Waals surface area contributed by atoms with Gasteiger partial charge in [0.2, 0.25) is 0 Å². The first kappa shape index (κ1) is 14.7. The van der Waals surface area contributed by atoms with Gasteiger partial charge in [-0.25, -0.2) is 8.78 Å². The van der Waals surface area contributed by atoms with Gasteiger partial charge in [0.25, 0.3) is 0 Å². The number of halogens is 2. The summed E-state index contributed by atoms with van der Waals surface area (Å²) in [6, 6.07) is 11.8. The van der Waals surface area contributed by atoms with Crippen molar-refractivity contribution in [2.24, 2.45) is 0 Å². The molecule has 0 aliphatic carbocycles. The zero-order chi connectivity index (χ0) is 14.8. The van der Waals surface area contributed by atoms with Crippen molar-refractivity contribution in [3.8, 4) is 5.75 Å². The largest absolute Gasteiger partial charge is 0.489 e. The summed E-state index contributed by atoms with van der Waals surface area (Å²) in [4.78, 5) is 0. The van der Waals surface area contributed by atoms with Crippen LogP contribution in [0.15, 0.2) is 42.5 Å². The average molecular weight is 292 g/mol. The molecule has 2 aromatic carbocycles. The summed E-state index contributed by atoms with van der Waals surface area (Å²) in [6.45, 7) is 7.22. The molecule has 0 amide bonds. The second-order valence-corrected chi connectivity index (χ2v) is 10.9. The van der Waals surface area contributed by atoms with Crippen molar-refractivity contribution in [3.05, 3.63) is 59.7 Å². The molecule has 2 aromatic rings. The van der Waals surface area contributed by atoms with E-state index >= 15 is 0 Å². The summed E-state index contributed by atoms with van der Waals surface area (Å²) >= 11 is 0. The first-order valence-corrected chi connectivity index (χ1v) is 10.0. The van der Waals surface area contributed by atoms with Crippen molar-refractivity contribution in [2.45, 2.75) is 26.2 Å². The highest BCUT2D eigenvalue weighted by Gasteiger charge is 2.15. The normalized spacial score (nSPS) is 11.4. The van der Waals surface area contributed by atoms with Crippen LogP contribution in [-0.4, -0.2) is 8.07 Å². The maximum Gasteiger partial charge on any atom is 0.162 e. The molecule has 0 saturated heterocycles. The first-order valence-electron chi connectivity index (χ1n) is 6.53. The zero-order valence-electron chi connectivity index (χ0n) is 11.9. The number of ether oxygens (including phenoxy) is 1. The predicted molar refractivity (Wildman–Crippen MR) is 80.1 cm³/mol. The highest BCUT2D eigenvalue weighted by Crippen LogP contribution is 2.17. The van der Waals surface area contributed by atoms with Crippen LogP contribution in [0.1, 0.15) is 5.56 Å². The van der Waals surface area contributed by atoms with Crippen LogP contribution in [0.5, 0.6) is 5.75 Å². The number of hydrogen-bond acceptors (Lipinski definition) is 1. The van der Waals surface area contributed by atoms with E-state index in [-0.39, 0.29) is 0 Å². The molecule has 4 heteroatoms. The molecule has 0 N–H and O–H groups in total. The fourth-order valence-electron chi connectivity index (χ4n) is 1.83. The lowest BCUT2D eigenvalue weighted by Crippen LogP contribution is -2.37. The third kappa shape index (κ3) is 3.67. The molecule has 0 aliphatic rings. The monoisotopic (exact) mass is 292 g/mol. The predicted octanol–water partition coefficient (Wildman–Crippen LogP) is 4.09. The van der Waals surface area contributed by atoms with Crippen molar-refractivity contribution < 1.29 is 13.5 Å². The van der Waals surface area contributed by atoms with E-state index in [4.69, 9.17) is 4.74 Å². The summed E-state index contributed by atoms with van der Waals surface area (Å²) in [5.74, 6) is -1.42. The third-order valence-electron chi connectivity index (χ3n) is 3.12. The Balaban J connectivity index is 2.02. The molecule has 0 atom stereocenters. The fourth-order valence-corrected chi connectivity index (χ4v) is 3.00. The molecule has 2 rings (SSSR count). The van der Waals surface area contributed by atoms with E-state index in [9.17, 15) is 8.78 Å². The van der Waals surface area contributed by atoms with Crippen molar-refractivity contribution in [3.63, 3.8) is 0 Å². The SMILES string of the molecule is C[Si](C)(C)c1ccc(COc2ccc(F)c(F)c2)cc1. The van der Waals surface area contributed by atoms with Crippen LogP contribution in [0.4, 0.5) is 8.78 Å². The Kier molecular flexibility index (Phi) is 4.23. The highest BCUT2D eigenvalue weighted by molar-refractivity contribution is 6.88. The lowest BCUT2D eigenvalue weighted by atomic mass is 10.2. The van der Waals surface area contributed by atoms with E-state index in [0.29, 0.717) is 12.4 Å². The Hall–Kier alpha value is -1.68. The van der Waals surface area contributed by atoms with Gasteiger partial charge in [-0.15, -0.1) is 0 Å². The summed E-state index contributed by atoms with van der Waals surface area (Å²) in [5.41, 5.74) is 1.01. The van der Waals surface area contributed by atoms with Crippen LogP contribution in [0.25, 0.3) is 0 Å². The lowest BCUT2D eigenvalue weighted by molar-refractivity contribution is 0.303. The highest BCUT2D eigenvalue weighted by atomic mass is 28.3. The molecule has 0 saturated carbocycles. The van der Waals surface area contributed by atoms with Gasteiger partial charge in [0.05, 0.1) is 8.07 Å². The van der Waals surface area contributed by atoms with Crippen LogP contribution in [0.3, 0.4) is 0 Å². The van der Waals surface area contributed by atoms with Gasteiger partial charge in [0.15, 0.2) is 11.6 Å². The summed E-state index contributed by atoms with van der Waals surface area (Å²) < 4.78 is 31.3. The Morgan fingerprint density at radius 2 is 1.55 bits per heavy atom. The molecule has 106 valence electrons. The van der Waals surface area contributed by atoms with Crippen LogP contribution < -0.4 is 9.92 Å². The summed E-state index contributed by atoms with van der Waals surface area (Å²) in [6.07, 6.45) is 0. The van der Waals surface area contributed by atoms with E-state index in [0.717, 1.165) is 17.7 Å². The molecule has 1 nitrogen and oxygen atoms in total. The van der Waals surface area contributed by atoms with E-state index in [1.54, 1.807) is 0 Å². The smallest absolute Gasteiger partial charge is 0.162 e. The number of rotatable bonds is 4. The Morgan fingerprint density at radius 3 is 2.10 bits per heavy atom. The number of hydrogen-bond donors (Lipinski definition) is 0. The average Bonchev–Trinajstić information content (AvgIpc) is 2.40. The molecule has 0 aromatic heterocycles. The Bertz CT molecular complexity index is 588. The molecular formula is C16H18F2OSi. The molecular weight excluding hydrogens is 274 g/mol. The molecule has 0 spiro atoms. The maximum absolute atomic E-state index is 13.0. The van der Waals surface area contributed by atoms with Gasteiger partial charge in [0.1, 0.15) is 12.4 Å². The van der Waals surface area contributed by atoms with Gasteiger partial charge in [-0.05, 0) is 17.7 Å². The summed E-state index contributed by atoms with van der Waals surface area (Å²) in [7, 11) is -1.29. The molecule has 0 bridgehead atoms. The van der Waals surface area contributed by atoms with Crippen molar-refractivity contribution in [1.82, 2.24) is 0 Å². The maximum atomic E-state index is 13.0. The third-order valence-corrected chi connectivity index (χ3v) is 5.18.